The van der Waals surface area contributed by atoms with E-state index in [0.717, 1.165) is 24.0 Å². The molecule has 0 bridgehead atoms. The molecule has 11 unspecified atom stereocenters. The summed E-state index contributed by atoms with van der Waals surface area (Å²) in [7, 11) is 1.55. The van der Waals surface area contributed by atoms with E-state index in [-0.39, 0.29) is 23.9 Å². The van der Waals surface area contributed by atoms with Crippen LogP contribution in [0.3, 0.4) is 0 Å². The van der Waals surface area contributed by atoms with Gasteiger partial charge < -0.3 is 29.5 Å². The van der Waals surface area contributed by atoms with Crippen molar-refractivity contribution >= 4 is 5.97 Å². The number of hydrogen-bond donors (Lipinski definition) is 3. The first-order valence-electron chi connectivity index (χ1n) is 15.7. The number of methoxy groups -OCH3 is 1. The summed E-state index contributed by atoms with van der Waals surface area (Å²) >= 11 is 0. The van der Waals surface area contributed by atoms with Crippen LogP contribution >= 0.6 is 0 Å². The fraction of sp³-hybridized carbons (Fsp3) is 0.743. The van der Waals surface area contributed by atoms with E-state index in [2.05, 4.69) is 20.8 Å². The summed E-state index contributed by atoms with van der Waals surface area (Å²) in [5, 5.41) is 34.1. The van der Waals surface area contributed by atoms with E-state index < -0.39 is 48.0 Å². The molecule has 0 aromatic carbocycles. The van der Waals surface area contributed by atoms with Gasteiger partial charge in [-0.3, -0.25) is 0 Å². The standard InChI is InChI=1S/C35H58O7/c1-20(2)32-23(5)15-16-35(39,42-32)28(10)31(37)27(9)33-29(40-11)14-12-13-21(3)17-24(6)30(36)25(7)18-22(4)19-26(8)34(38)41-33/h12-14,18-20,23-25,27-33,36-37,39H,15-17H2,1-11H3/b14-12+,21-13+,22-18+,26-19+. The number of aliphatic hydroxyl groups excluding tert-OH is 2. The number of ether oxygens (including phenoxy) is 3. The van der Waals surface area contributed by atoms with E-state index in [1.165, 1.54) is 0 Å². The SMILES string of the molecule is COC1/C=C/C=C(\C)CC(C)C(O)C(C)/C=C(C)/C=C(\C)C(=O)OC1C(C)C(O)C(C)C1(O)CCC(C)C(C(C)C)O1. The van der Waals surface area contributed by atoms with E-state index in [9.17, 15) is 20.1 Å². The van der Waals surface area contributed by atoms with Crippen LogP contribution in [0.5, 0.6) is 0 Å². The lowest BCUT2D eigenvalue weighted by atomic mass is 9.77. The molecule has 2 heterocycles. The highest BCUT2D eigenvalue weighted by atomic mass is 16.6. The van der Waals surface area contributed by atoms with Crippen molar-refractivity contribution in [1.82, 2.24) is 0 Å². The van der Waals surface area contributed by atoms with Crippen LogP contribution in [0.25, 0.3) is 0 Å². The third kappa shape index (κ3) is 9.36. The van der Waals surface area contributed by atoms with Crippen molar-refractivity contribution in [3.63, 3.8) is 0 Å². The van der Waals surface area contributed by atoms with Gasteiger partial charge in [-0.15, -0.1) is 0 Å². The van der Waals surface area contributed by atoms with Crippen molar-refractivity contribution in [3.8, 4) is 0 Å². The molecule has 0 aromatic rings. The molecular weight excluding hydrogens is 532 g/mol. The second kappa shape index (κ2) is 15.8. The highest BCUT2D eigenvalue weighted by Crippen LogP contribution is 2.41. The van der Waals surface area contributed by atoms with Crippen LogP contribution < -0.4 is 0 Å². The third-order valence-corrected chi connectivity index (χ3v) is 9.37. The molecule has 0 amide bonds. The number of carbonyl (C=O) groups is 1. The van der Waals surface area contributed by atoms with Crippen LogP contribution in [0.4, 0.5) is 0 Å². The summed E-state index contributed by atoms with van der Waals surface area (Å²) in [5.41, 5.74) is 2.36. The summed E-state index contributed by atoms with van der Waals surface area (Å²) in [6.45, 7) is 19.6. The maximum atomic E-state index is 13.4. The van der Waals surface area contributed by atoms with Gasteiger partial charge in [-0.05, 0) is 57.4 Å². The fourth-order valence-electron chi connectivity index (χ4n) is 6.57. The molecule has 11 atom stereocenters. The van der Waals surface area contributed by atoms with Crippen molar-refractivity contribution in [1.29, 1.82) is 0 Å². The Morgan fingerprint density at radius 3 is 2.29 bits per heavy atom. The molecule has 240 valence electrons. The minimum absolute atomic E-state index is 0.0466. The van der Waals surface area contributed by atoms with Crippen molar-refractivity contribution in [2.24, 2.45) is 35.5 Å². The second-order valence-electron chi connectivity index (χ2n) is 13.6. The summed E-state index contributed by atoms with van der Waals surface area (Å²) < 4.78 is 18.2. The Hall–Kier alpha value is -1.77. The molecule has 0 aromatic heterocycles. The van der Waals surface area contributed by atoms with Gasteiger partial charge in [0.2, 0.25) is 0 Å². The van der Waals surface area contributed by atoms with Gasteiger partial charge in [0.15, 0.2) is 5.79 Å². The fourth-order valence-corrected chi connectivity index (χ4v) is 6.57. The van der Waals surface area contributed by atoms with Crippen LogP contribution in [0, 0.1) is 35.5 Å². The summed E-state index contributed by atoms with van der Waals surface area (Å²) in [6.07, 6.45) is 8.19. The zero-order valence-electron chi connectivity index (χ0n) is 27.8. The zero-order chi connectivity index (χ0) is 31.9. The van der Waals surface area contributed by atoms with Gasteiger partial charge in [-0.1, -0.05) is 83.9 Å². The highest BCUT2D eigenvalue weighted by Gasteiger charge is 2.48. The first-order valence-corrected chi connectivity index (χ1v) is 15.7. The normalized spacial score (nSPS) is 40.9. The average molecular weight is 591 g/mol. The number of cyclic esters (lactones) is 1. The first-order chi connectivity index (χ1) is 19.5. The molecule has 2 aliphatic rings. The van der Waals surface area contributed by atoms with Crippen LogP contribution in [0.1, 0.15) is 88.5 Å². The van der Waals surface area contributed by atoms with Crippen LogP contribution in [-0.4, -0.2) is 64.7 Å². The van der Waals surface area contributed by atoms with Gasteiger partial charge >= 0.3 is 5.97 Å². The van der Waals surface area contributed by atoms with Gasteiger partial charge in [0, 0.05) is 36.9 Å². The number of allylic oxidation sites excluding steroid dienone is 5. The molecule has 2 aliphatic heterocycles. The molecule has 0 saturated carbocycles. The van der Waals surface area contributed by atoms with Crippen molar-refractivity contribution in [3.05, 3.63) is 47.1 Å². The summed E-state index contributed by atoms with van der Waals surface area (Å²) in [6, 6.07) is 0. The Balaban J connectivity index is 2.46. The quantitative estimate of drug-likeness (QED) is 0.319. The Bertz CT molecular complexity index is 1010. The maximum absolute atomic E-state index is 13.4. The number of carbonyl (C=O) groups excluding carboxylic acids is 1. The van der Waals surface area contributed by atoms with E-state index in [1.807, 2.05) is 58.9 Å². The minimum atomic E-state index is -1.49. The molecule has 0 aliphatic carbocycles. The van der Waals surface area contributed by atoms with E-state index in [4.69, 9.17) is 14.2 Å². The van der Waals surface area contributed by atoms with Gasteiger partial charge in [-0.25, -0.2) is 4.79 Å². The molecule has 2 rings (SSSR count). The maximum Gasteiger partial charge on any atom is 0.334 e. The molecule has 7 heteroatoms. The van der Waals surface area contributed by atoms with E-state index in [0.29, 0.717) is 17.9 Å². The smallest absolute Gasteiger partial charge is 0.334 e. The van der Waals surface area contributed by atoms with Gasteiger partial charge in [0.05, 0.1) is 18.3 Å². The monoisotopic (exact) mass is 590 g/mol. The molecule has 3 N–H and O–H groups in total. The Morgan fingerprint density at radius 2 is 1.69 bits per heavy atom. The van der Waals surface area contributed by atoms with Crippen LogP contribution in [-0.2, 0) is 19.0 Å². The van der Waals surface area contributed by atoms with E-state index in [1.54, 1.807) is 27.0 Å². The van der Waals surface area contributed by atoms with Crippen LogP contribution in [0.2, 0.25) is 0 Å². The first kappa shape index (κ1) is 36.4. The Labute approximate surface area is 254 Å². The van der Waals surface area contributed by atoms with Gasteiger partial charge in [0.25, 0.3) is 0 Å². The molecule has 0 radical (unpaired) electrons. The lowest BCUT2D eigenvalue weighted by Crippen LogP contribution is -2.55. The Kier molecular flexibility index (Phi) is 13.7. The van der Waals surface area contributed by atoms with E-state index >= 15 is 0 Å². The topological polar surface area (TPSA) is 105 Å². The summed E-state index contributed by atoms with van der Waals surface area (Å²) in [4.78, 5) is 13.4. The average Bonchev–Trinajstić information content (AvgIpc) is 2.93. The third-order valence-electron chi connectivity index (χ3n) is 9.37. The molecule has 0 spiro atoms. The molecule has 7 nitrogen and oxygen atoms in total. The van der Waals surface area contributed by atoms with Crippen molar-refractivity contribution < 1.29 is 34.3 Å². The summed E-state index contributed by atoms with van der Waals surface area (Å²) in [5.74, 6) is -2.75. The predicted molar refractivity (Wildman–Crippen MR) is 167 cm³/mol. The molecular formula is C35H58O7. The minimum Gasteiger partial charge on any atom is -0.456 e. The number of rotatable bonds is 6. The number of hydrogen-bond acceptors (Lipinski definition) is 7. The number of esters is 1. The number of aliphatic hydroxyl groups is 3. The van der Waals surface area contributed by atoms with Gasteiger partial charge in [0.1, 0.15) is 12.2 Å². The molecule has 1 fully saturated rings. The lowest BCUT2D eigenvalue weighted by Gasteiger charge is -2.47. The van der Waals surface area contributed by atoms with Gasteiger partial charge in [-0.2, -0.15) is 0 Å². The molecule has 42 heavy (non-hydrogen) atoms. The zero-order valence-corrected chi connectivity index (χ0v) is 27.8. The highest BCUT2D eigenvalue weighted by molar-refractivity contribution is 5.88. The second-order valence-corrected chi connectivity index (χ2v) is 13.6. The van der Waals surface area contributed by atoms with Crippen LogP contribution in [0.15, 0.2) is 47.1 Å². The molecule has 1 saturated heterocycles. The predicted octanol–water partition coefficient (Wildman–Crippen LogP) is 6.14. The largest absolute Gasteiger partial charge is 0.456 e. The Morgan fingerprint density at radius 1 is 1.05 bits per heavy atom. The van der Waals surface area contributed by atoms with Crippen molar-refractivity contribution in [2.75, 3.05) is 7.11 Å². The lowest BCUT2D eigenvalue weighted by molar-refractivity contribution is -0.311. The van der Waals surface area contributed by atoms with Crippen molar-refractivity contribution in [2.45, 2.75) is 125 Å².